The topological polar surface area (TPSA) is 56.7 Å². The molecule has 3 heterocycles. The third-order valence-corrected chi connectivity index (χ3v) is 9.88. The van der Waals surface area contributed by atoms with Crippen LogP contribution in [0.15, 0.2) is 138 Å². The molecule has 0 bridgehead atoms. The molecule has 0 saturated carbocycles. The Kier molecular flexibility index (Phi) is 5.28. The van der Waals surface area contributed by atoms with Gasteiger partial charge in [-0.1, -0.05) is 129 Å². The third-order valence-electron chi connectivity index (χ3n) is 9.88. The zero-order valence-corrected chi connectivity index (χ0v) is 25.9. The predicted molar refractivity (Wildman–Crippen MR) is 190 cm³/mol. The van der Waals surface area contributed by atoms with Crippen molar-refractivity contribution in [3.63, 3.8) is 0 Å². The van der Waals surface area contributed by atoms with Crippen LogP contribution in [0.3, 0.4) is 0 Å². The fourth-order valence-corrected chi connectivity index (χ4v) is 7.71. The highest BCUT2D eigenvalue weighted by Crippen LogP contribution is 2.52. The number of aromatic nitrogens is 4. The van der Waals surface area contributed by atoms with Crippen LogP contribution >= 0.6 is 0 Å². The van der Waals surface area contributed by atoms with Gasteiger partial charge in [0.25, 0.3) is 0 Å². The number of nitrogens with zero attached hydrogens (tertiary/aromatic N) is 4. The maximum absolute atomic E-state index is 6.27. The first-order valence-electron chi connectivity index (χ1n) is 16.0. The van der Waals surface area contributed by atoms with Crippen molar-refractivity contribution in [3.8, 4) is 39.9 Å². The number of furan rings is 1. The van der Waals surface area contributed by atoms with Crippen molar-refractivity contribution in [1.29, 1.82) is 0 Å². The number of rotatable bonds is 3. The van der Waals surface area contributed by atoms with Crippen molar-refractivity contribution in [1.82, 2.24) is 19.5 Å². The smallest absolute Gasteiger partial charge is 0.238 e. The summed E-state index contributed by atoms with van der Waals surface area (Å²) >= 11 is 0. The zero-order chi connectivity index (χ0) is 31.3. The van der Waals surface area contributed by atoms with E-state index in [2.05, 4.69) is 103 Å². The largest absolute Gasteiger partial charge is 0.456 e. The van der Waals surface area contributed by atoms with Gasteiger partial charge in [0, 0.05) is 43.7 Å². The molecule has 1 aliphatic rings. The lowest BCUT2D eigenvalue weighted by atomic mass is 9.82. The second-order valence-corrected chi connectivity index (χ2v) is 12.8. The molecule has 0 N–H and O–H groups in total. The summed E-state index contributed by atoms with van der Waals surface area (Å²) in [6.07, 6.45) is 0. The molecule has 0 atom stereocenters. The Hall–Kier alpha value is -6.07. The molecule has 9 aromatic rings. The molecule has 0 aliphatic heterocycles. The SMILES string of the molecule is CC1(C)c2ccccc2-c2c1ccc1c3ccccc3n(-c3nc(-c4ccccc4)nc(-c4cccc5oc6ccccc6c45)n3)c21. The van der Waals surface area contributed by atoms with Crippen LogP contribution in [0, 0.1) is 0 Å². The Morgan fingerprint density at radius 2 is 1.23 bits per heavy atom. The average molecular weight is 605 g/mol. The molecule has 3 aromatic heterocycles. The number of benzene rings is 6. The van der Waals surface area contributed by atoms with Crippen LogP contribution < -0.4 is 0 Å². The van der Waals surface area contributed by atoms with E-state index in [1.54, 1.807) is 0 Å². The summed E-state index contributed by atoms with van der Waals surface area (Å²) in [5.41, 5.74) is 10.7. The van der Waals surface area contributed by atoms with Gasteiger partial charge in [0.1, 0.15) is 11.2 Å². The fraction of sp³-hybridized carbons (Fsp3) is 0.0714. The number of hydrogen-bond donors (Lipinski definition) is 0. The molecule has 0 fully saturated rings. The Labute approximate surface area is 270 Å². The second-order valence-electron chi connectivity index (χ2n) is 12.8. The van der Waals surface area contributed by atoms with Crippen LogP contribution in [0.4, 0.5) is 0 Å². The molecule has 1 aliphatic carbocycles. The average Bonchev–Trinajstić information content (AvgIpc) is 3.74. The summed E-state index contributed by atoms with van der Waals surface area (Å²) in [5, 5.41) is 4.38. The second kappa shape index (κ2) is 9.47. The van der Waals surface area contributed by atoms with Gasteiger partial charge in [-0.05, 0) is 34.9 Å². The predicted octanol–water partition coefficient (Wildman–Crippen LogP) is 10.5. The lowest BCUT2D eigenvalue weighted by molar-refractivity contribution is 0.660. The Morgan fingerprint density at radius 1 is 0.532 bits per heavy atom. The van der Waals surface area contributed by atoms with E-state index in [4.69, 9.17) is 19.4 Å². The van der Waals surface area contributed by atoms with E-state index in [0.29, 0.717) is 17.6 Å². The van der Waals surface area contributed by atoms with E-state index >= 15 is 0 Å². The summed E-state index contributed by atoms with van der Waals surface area (Å²) < 4.78 is 8.53. The molecular formula is C42H28N4O. The quantitative estimate of drug-likeness (QED) is 0.201. The van der Waals surface area contributed by atoms with E-state index in [1.807, 2.05) is 48.5 Å². The van der Waals surface area contributed by atoms with Gasteiger partial charge < -0.3 is 4.42 Å². The highest BCUT2D eigenvalue weighted by Gasteiger charge is 2.37. The molecule has 222 valence electrons. The van der Waals surface area contributed by atoms with Crippen molar-refractivity contribution in [2.75, 3.05) is 0 Å². The van der Waals surface area contributed by atoms with Gasteiger partial charge in [0.05, 0.1) is 11.0 Å². The summed E-state index contributed by atoms with van der Waals surface area (Å²) in [7, 11) is 0. The molecule has 47 heavy (non-hydrogen) atoms. The summed E-state index contributed by atoms with van der Waals surface area (Å²) in [6, 6.07) is 46.4. The minimum Gasteiger partial charge on any atom is -0.456 e. The first-order valence-corrected chi connectivity index (χ1v) is 16.0. The van der Waals surface area contributed by atoms with Crippen molar-refractivity contribution < 1.29 is 4.42 Å². The zero-order valence-electron chi connectivity index (χ0n) is 25.9. The molecule has 10 rings (SSSR count). The van der Waals surface area contributed by atoms with E-state index in [0.717, 1.165) is 44.1 Å². The van der Waals surface area contributed by atoms with Crippen LogP contribution in [-0.4, -0.2) is 19.5 Å². The molecule has 0 amide bonds. The van der Waals surface area contributed by atoms with Gasteiger partial charge in [-0.3, -0.25) is 4.57 Å². The highest BCUT2D eigenvalue weighted by molar-refractivity contribution is 6.16. The van der Waals surface area contributed by atoms with Crippen molar-refractivity contribution in [3.05, 3.63) is 145 Å². The number of hydrogen-bond acceptors (Lipinski definition) is 4. The molecule has 0 saturated heterocycles. The van der Waals surface area contributed by atoms with Gasteiger partial charge in [-0.25, -0.2) is 4.98 Å². The first kappa shape index (κ1) is 26.2. The minimum atomic E-state index is -0.140. The number of para-hydroxylation sites is 2. The van der Waals surface area contributed by atoms with Gasteiger partial charge >= 0.3 is 0 Å². The van der Waals surface area contributed by atoms with E-state index in [9.17, 15) is 0 Å². The normalized spacial score (nSPS) is 13.5. The molecular weight excluding hydrogens is 576 g/mol. The van der Waals surface area contributed by atoms with Crippen molar-refractivity contribution >= 4 is 43.7 Å². The van der Waals surface area contributed by atoms with Crippen LogP contribution in [0.5, 0.6) is 0 Å². The van der Waals surface area contributed by atoms with E-state index in [-0.39, 0.29) is 5.41 Å². The molecule has 0 spiro atoms. The fourth-order valence-electron chi connectivity index (χ4n) is 7.71. The summed E-state index contributed by atoms with van der Waals surface area (Å²) in [6.45, 7) is 4.64. The van der Waals surface area contributed by atoms with Crippen LogP contribution in [0.25, 0.3) is 83.6 Å². The molecule has 0 unspecified atom stereocenters. The van der Waals surface area contributed by atoms with E-state index < -0.39 is 0 Å². The van der Waals surface area contributed by atoms with E-state index in [1.165, 1.54) is 33.0 Å². The molecule has 6 aromatic carbocycles. The van der Waals surface area contributed by atoms with Gasteiger partial charge in [0.2, 0.25) is 5.95 Å². The standard InChI is InChI=1S/C42H28N4O/c1-42(2)31-19-9-6-16-28(31)37-32(42)24-23-27-26-15-7-10-20-33(26)46(38(27)37)41-44-39(25-13-4-3-5-14-25)43-40(45-41)30-18-12-22-35-36(30)29-17-8-11-21-34(29)47-35/h3-24H,1-2H3. The minimum absolute atomic E-state index is 0.140. The molecule has 5 heteroatoms. The molecule has 5 nitrogen and oxygen atoms in total. The highest BCUT2D eigenvalue weighted by atomic mass is 16.3. The monoisotopic (exact) mass is 604 g/mol. The Bertz CT molecular complexity index is 2720. The van der Waals surface area contributed by atoms with Gasteiger partial charge in [-0.15, -0.1) is 0 Å². The van der Waals surface area contributed by atoms with Crippen LogP contribution in [0.2, 0.25) is 0 Å². The van der Waals surface area contributed by atoms with Crippen molar-refractivity contribution in [2.24, 2.45) is 0 Å². The van der Waals surface area contributed by atoms with Crippen molar-refractivity contribution in [2.45, 2.75) is 19.3 Å². The Balaban J connectivity index is 1.35. The van der Waals surface area contributed by atoms with Gasteiger partial charge in [-0.2, -0.15) is 9.97 Å². The third kappa shape index (κ3) is 3.62. The maximum Gasteiger partial charge on any atom is 0.238 e. The summed E-state index contributed by atoms with van der Waals surface area (Å²) in [5.74, 6) is 1.81. The van der Waals surface area contributed by atoms with Crippen LogP contribution in [-0.2, 0) is 5.41 Å². The Morgan fingerprint density at radius 3 is 2.13 bits per heavy atom. The maximum atomic E-state index is 6.27. The summed E-state index contributed by atoms with van der Waals surface area (Å²) in [4.78, 5) is 15.7. The van der Waals surface area contributed by atoms with Crippen LogP contribution in [0.1, 0.15) is 25.0 Å². The number of fused-ring (bicyclic) bond motifs is 10. The molecule has 0 radical (unpaired) electrons. The first-order chi connectivity index (χ1) is 23.1. The lowest BCUT2D eigenvalue weighted by Crippen LogP contribution is -2.14. The lowest BCUT2D eigenvalue weighted by Gasteiger charge is -2.21. The van der Waals surface area contributed by atoms with Gasteiger partial charge in [0.15, 0.2) is 11.6 Å².